The quantitative estimate of drug-likeness (QED) is 0.265. The average Bonchev–Trinajstić information content (AvgIpc) is 2.52. The Morgan fingerprint density at radius 3 is 2.45 bits per heavy atom. The summed E-state index contributed by atoms with van der Waals surface area (Å²) in [5.74, 6) is -0.201. The van der Waals surface area contributed by atoms with E-state index < -0.39 is 6.10 Å². The molecule has 0 aromatic rings. The van der Waals surface area contributed by atoms with Crippen LogP contribution in [-0.2, 0) is 9.53 Å². The van der Waals surface area contributed by atoms with Gasteiger partial charge in [0.2, 0.25) is 0 Å². The van der Waals surface area contributed by atoms with Crippen molar-refractivity contribution in [2.75, 3.05) is 6.61 Å². The largest absolute Gasteiger partial charge is 0.466 e. The smallest absolute Gasteiger partial charge is 0.305 e. The van der Waals surface area contributed by atoms with Crippen LogP contribution in [0.25, 0.3) is 0 Å². The minimum Gasteiger partial charge on any atom is -0.466 e. The SMILES string of the molecule is C=CCCCCCC/C=C\CC[C@@H](O)CCC(=O)OCCC. The Kier molecular flexibility index (Phi) is 15.5. The lowest BCUT2D eigenvalue weighted by molar-refractivity contribution is -0.144. The third-order valence-electron chi connectivity index (χ3n) is 3.51. The molecule has 0 aliphatic heterocycles. The predicted molar refractivity (Wildman–Crippen MR) is 92.8 cm³/mol. The molecule has 0 radical (unpaired) electrons. The third-order valence-corrected chi connectivity index (χ3v) is 3.51. The summed E-state index contributed by atoms with van der Waals surface area (Å²) in [6.07, 6.45) is 16.5. The lowest BCUT2D eigenvalue weighted by Gasteiger charge is -2.08. The highest BCUT2D eigenvalue weighted by molar-refractivity contribution is 5.69. The molecule has 3 nitrogen and oxygen atoms in total. The van der Waals surface area contributed by atoms with E-state index in [0.29, 0.717) is 19.4 Å². The van der Waals surface area contributed by atoms with Gasteiger partial charge >= 0.3 is 5.97 Å². The minimum atomic E-state index is -0.405. The molecule has 0 saturated carbocycles. The van der Waals surface area contributed by atoms with Crippen LogP contribution in [0.1, 0.15) is 77.6 Å². The monoisotopic (exact) mass is 310 g/mol. The van der Waals surface area contributed by atoms with Crippen molar-refractivity contribution in [3.8, 4) is 0 Å². The van der Waals surface area contributed by atoms with Crippen molar-refractivity contribution in [2.24, 2.45) is 0 Å². The fourth-order valence-corrected chi connectivity index (χ4v) is 2.15. The molecule has 0 amide bonds. The normalized spacial score (nSPS) is 12.5. The van der Waals surface area contributed by atoms with Crippen LogP contribution in [0.3, 0.4) is 0 Å². The van der Waals surface area contributed by atoms with Crippen molar-refractivity contribution in [1.82, 2.24) is 0 Å². The number of hydrogen-bond donors (Lipinski definition) is 1. The van der Waals surface area contributed by atoms with Crippen LogP contribution in [0.4, 0.5) is 0 Å². The Morgan fingerprint density at radius 2 is 1.77 bits per heavy atom. The molecular weight excluding hydrogens is 276 g/mol. The van der Waals surface area contributed by atoms with E-state index in [-0.39, 0.29) is 5.97 Å². The Hall–Kier alpha value is -1.09. The molecule has 0 spiro atoms. The fourth-order valence-electron chi connectivity index (χ4n) is 2.15. The topological polar surface area (TPSA) is 46.5 Å². The van der Waals surface area contributed by atoms with Gasteiger partial charge in [0, 0.05) is 6.42 Å². The molecule has 1 N–H and O–H groups in total. The van der Waals surface area contributed by atoms with Gasteiger partial charge in [0.05, 0.1) is 12.7 Å². The summed E-state index contributed by atoms with van der Waals surface area (Å²) >= 11 is 0. The second kappa shape index (κ2) is 16.3. The van der Waals surface area contributed by atoms with Crippen LogP contribution in [0.2, 0.25) is 0 Å². The zero-order valence-corrected chi connectivity index (χ0v) is 14.3. The standard InChI is InChI=1S/C19H34O3/c1-3-5-6-7-8-9-10-11-12-13-14-18(20)15-16-19(21)22-17-4-2/h3,11-12,18,20H,1,4-10,13-17H2,2H3/b12-11-/t18-/m1/s1. The molecule has 0 aromatic heterocycles. The molecule has 22 heavy (non-hydrogen) atoms. The van der Waals surface area contributed by atoms with E-state index >= 15 is 0 Å². The number of ether oxygens (including phenoxy) is 1. The first kappa shape index (κ1) is 20.9. The number of carbonyl (C=O) groups excluding carboxylic acids is 1. The molecular formula is C19H34O3. The van der Waals surface area contributed by atoms with Crippen LogP contribution in [0.5, 0.6) is 0 Å². The van der Waals surface area contributed by atoms with E-state index in [9.17, 15) is 9.90 Å². The minimum absolute atomic E-state index is 0.201. The first-order valence-electron chi connectivity index (χ1n) is 8.80. The number of allylic oxidation sites excluding steroid dienone is 3. The number of aliphatic hydroxyl groups excluding tert-OH is 1. The van der Waals surface area contributed by atoms with E-state index in [1.54, 1.807) is 0 Å². The molecule has 0 aliphatic rings. The van der Waals surface area contributed by atoms with Gasteiger partial charge in [-0.25, -0.2) is 0 Å². The molecule has 128 valence electrons. The molecule has 0 fully saturated rings. The van der Waals surface area contributed by atoms with Gasteiger partial charge < -0.3 is 9.84 Å². The third kappa shape index (κ3) is 15.3. The predicted octanol–water partition coefficient (Wildman–Crippen LogP) is 4.94. The van der Waals surface area contributed by atoms with Gasteiger partial charge in [-0.15, -0.1) is 6.58 Å². The number of aliphatic hydroxyl groups is 1. The summed E-state index contributed by atoms with van der Waals surface area (Å²) < 4.78 is 4.98. The van der Waals surface area contributed by atoms with Crippen LogP contribution in [-0.4, -0.2) is 23.8 Å². The van der Waals surface area contributed by atoms with Gasteiger partial charge in [-0.05, 0) is 51.4 Å². The first-order valence-corrected chi connectivity index (χ1v) is 8.80. The zero-order valence-electron chi connectivity index (χ0n) is 14.3. The van der Waals surface area contributed by atoms with E-state index in [1.165, 1.54) is 25.7 Å². The number of unbranched alkanes of at least 4 members (excludes halogenated alkanes) is 5. The molecule has 1 atom stereocenters. The van der Waals surface area contributed by atoms with Crippen molar-refractivity contribution in [3.05, 3.63) is 24.8 Å². The summed E-state index contributed by atoms with van der Waals surface area (Å²) in [6, 6.07) is 0. The molecule has 0 aromatic carbocycles. The summed E-state index contributed by atoms with van der Waals surface area (Å²) in [5.41, 5.74) is 0. The summed E-state index contributed by atoms with van der Waals surface area (Å²) in [7, 11) is 0. The maximum Gasteiger partial charge on any atom is 0.305 e. The van der Waals surface area contributed by atoms with Crippen molar-refractivity contribution in [2.45, 2.75) is 83.7 Å². The summed E-state index contributed by atoms with van der Waals surface area (Å²) in [4.78, 5) is 11.3. The van der Waals surface area contributed by atoms with E-state index in [2.05, 4.69) is 18.7 Å². The molecule has 0 heterocycles. The Morgan fingerprint density at radius 1 is 1.09 bits per heavy atom. The van der Waals surface area contributed by atoms with Crippen molar-refractivity contribution in [1.29, 1.82) is 0 Å². The number of carbonyl (C=O) groups is 1. The molecule has 0 rings (SSSR count). The number of hydrogen-bond acceptors (Lipinski definition) is 3. The Balaban J connectivity index is 3.39. The van der Waals surface area contributed by atoms with Gasteiger partial charge in [-0.1, -0.05) is 38.0 Å². The summed E-state index contributed by atoms with van der Waals surface area (Å²) in [6.45, 7) is 6.17. The Bertz CT molecular complexity index is 297. The lowest BCUT2D eigenvalue weighted by atomic mass is 10.1. The molecule has 0 bridgehead atoms. The van der Waals surface area contributed by atoms with Gasteiger partial charge in [-0.3, -0.25) is 4.79 Å². The highest BCUT2D eigenvalue weighted by Crippen LogP contribution is 2.09. The van der Waals surface area contributed by atoms with Crippen LogP contribution in [0.15, 0.2) is 24.8 Å². The van der Waals surface area contributed by atoms with Gasteiger partial charge in [0.15, 0.2) is 0 Å². The second-order valence-electron chi connectivity index (χ2n) is 5.74. The first-order chi connectivity index (χ1) is 10.7. The molecule has 0 unspecified atom stereocenters. The van der Waals surface area contributed by atoms with Crippen molar-refractivity contribution < 1.29 is 14.6 Å². The number of esters is 1. The zero-order chi connectivity index (χ0) is 16.5. The molecule has 0 saturated heterocycles. The lowest BCUT2D eigenvalue weighted by Crippen LogP contribution is -2.11. The maximum atomic E-state index is 11.3. The van der Waals surface area contributed by atoms with Gasteiger partial charge in [0.1, 0.15) is 0 Å². The van der Waals surface area contributed by atoms with Crippen molar-refractivity contribution in [3.63, 3.8) is 0 Å². The van der Waals surface area contributed by atoms with Crippen LogP contribution in [0, 0.1) is 0 Å². The van der Waals surface area contributed by atoms with Gasteiger partial charge in [-0.2, -0.15) is 0 Å². The molecule has 0 aliphatic carbocycles. The summed E-state index contributed by atoms with van der Waals surface area (Å²) in [5, 5.41) is 9.80. The van der Waals surface area contributed by atoms with Crippen LogP contribution < -0.4 is 0 Å². The van der Waals surface area contributed by atoms with E-state index in [0.717, 1.165) is 32.1 Å². The van der Waals surface area contributed by atoms with E-state index in [1.807, 2.05) is 13.0 Å². The van der Waals surface area contributed by atoms with E-state index in [4.69, 9.17) is 4.74 Å². The fraction of sp³-hybridized carbons (Fsp3) is 0.737. The molecule has 3 heteroatoms. The highest BCUT2D eigenvalue weighted by atomic mass is 16.5. The van der Waals surface area contributed by atoms with Gasteiger partial charge in [0.25, 0.3) is 0 Å². The number of rotatable bonds is 15. The highest BCUT2D eigenvalue weighted by Gasteiger charge is 2.08. The van der Waals surface area contributed by atoms with Crippen LogP contribution >= 0.6 is 0 Å². The van der Waals surface area contributed by atoms with Crippen molar-refractivity contribution >= 4 is 5.97 Å². The maximum absolute atomic E-state index is 11.3. The Labute approximate surface area is 136 Å². The average molecular weight is 310 g/mol. The second-order valence-corrected chi connectivity index (χ2v) is 5.74.